The van der Waals surface area contributed by atoms with Crippen LogP contribution in [0.3, 0.4) is 0 Å². The van der Waals surface area contributed by atoms with Crippen LogP contribution in [0.1, 0.15) is 60.3 Å². The number of guanidine groups is 1. The molecule has 6 nitrogen and oxygen atoms in total. The minimum atomic E-state index is -0.466. The molecule has 0 aromatic rings. The predicted octanol–water partition coefficient (Wildman–Crippen LogP) is 3.26. The third kappa shape index (κ3) is 17.5. The lowest BCUT2D eigenvalue weighted by Crippen LogP contribution is -2.42. The number of halogens is 1. The number of rotatable bonds is 9. The minimum absolute atomic E-state index is 0. The molecule has 0 aromatic heterocycles. The van der Waals surface area contributed by atoms with E-state index in [9.17, 15) is 4.79 Å². The second-order valence-corrected chi connectivity index (χ2v) is 6.18. The third-order valence-electron chi connectivity index (χ3n) is 2.71. The second kappa shape index (κ2) is 14.8. The summed E-state index contributed by atoms with van der Waals surface area (Å²) in [5.74, 6) is 0.796. The van der Waals surface area contributed by atoms with Gasteiger partial charge in [-0.2, -0.15) is 0 Å². The van der Waals surface area contributed by atoms with E-state index in [2.05, 4.69) is 27.9 Å². The predicted molar refractivity (Wildman–Crippen MR) is 108 cm³/mol. The fraction of sp³-hybridized carbons (Fsp3) is 0.875. The van der Waals surface area contributed by atoms with Gasteiger partial charge in [0, 0.05) is 26.2 Å². The molecule has 7 heteroatoms. The Morgan fingerprint density at radius 3 is 2.22 bits per heavy atom. The Balaban J connectivity index is 0. The zero-order valence-corrected chi connectivity index (χ0v) is 17.7. The summed E-state index contributed by atoms with van der Waals surface area (Å²) in [5.41, 5.74) is -0.466. The maximum atomic E-state index is 11.5. The molecule has 0 atom stereocenters. The van der Waals surface area contributed by atoms with Crippen LogP contribution in [0, 0.1) is 0 Å². The molecule has 0 radical (unpaired) electrons. The number of alkyl carbamates (subject to hydrolysis) is 1. The van der Waals surface area contributed by atoms with Crippen LogP contribution < -0.4 is 16.0 Å². The molecule has 0 spiro atoms. The summed E-state index contributed by atoms with van der Waals surface area (Å²) in [4.78, 5) is 16.0. The highest BCUT2D eigenvalue weighted by Crippen LogP contribution is 2.05. The summed E-state index contributed by atoms with van der Waals surface area (Å²) in [6.07, 6.45) is 4.44. The Morgan fingerprint density at radius 2 is 1.65 bits per heavy atom. The summed E-state index contributed by atoms with van der Waals surface area (Å²) in [6, 6.07) is 0. The molecule has 0 heterocycles. The van der Waals surface area contributed by atoms with Gasteiger partial charge < -0.3 is 20.7 Å². The number of nitrogens with one attached hydrogen (secondary N) is 3. The highest BCUT2D eigenvalue weighted by molar-refractivity contribution is 14.0. The van der Waals surface area contributed by atoms with Crippen molar-refractivity contribution in [3.05, 3.63) is 0 Å². The minimum Gasteiger partial charge on any atom is -0.444 e. The highest BCUT2D eigenvalue weighted by atomic mass is 127. The number of hydrogen-bond donors (Lipinski definition) is 3. The van der Waals surface area contributed by atoms with E-state index >= 15 is 0 Å². The number of carbonyl (C=O) groups excluding carboxylic acids is 1. The zero-order chi connectivity index (χ0) is 16.8. The van der Waals surface area contributed by atoms with Crippen molar-refractivity contribution in [3.63, 3.8) is 0 Å². The fourth-order valence-corrected chi connectivity index (χ4v) is 1.73. The molecular formula is C16H35IN4O2. The molecule has 0 saturated heterocycles. The molecule has 0 aliphatic carbocycles. The summed E-state index contributed by atoms with van der Waals surface area (Å²) in [6.45, 7) is 12.5. The van der Waals surface area contributed by atoms with E-state index in [0.29, 0.717) is 13.1 Å². The van der Waals surface area contributed by atoms with E-state index < -0.39 is 11.7 Å². The fourth-order valence-electron chi connectivity index (χ4n) is 1.73. The second-order valence-electron chi connectivity index (χ2n) is 6.18. The molecule has 138 valence electrons. The van der Waals surface area contributed by atoms with Crippen molar-refractivity contribution >= 4 is 36.0 Å². The van der Waals surface area contributed by atoms with Gasteiger partial charge in [0.15, 0.2) is 5.96 Å². The molecular weight excluding hydrogens is 407 g/mol. The van der Waals surface area contributed by atoms with E-state index in [1.807, 2.05) is 27.7 Å². The lowest BCUT2D eigenvalue weighted by Gasteiger charge is -2.19. The van der Waals surface area contributed by atoms with Crippen molar-refractivity contribution in [2.45, 2.75) is 65.9 Å². The molecule has 3 N–H and O–H groups in total. The smallest absolute Gasteiger partial charge is 0.407 e. The number of nitrogens with zero attached hydrogens (tertiary/aromatic N) is 1. The van der Waals surface area contributed by atoms with Gasteiger partial charge in [-0.1, -0.05) is 26.2 Å². The van der Waals surface area contributed by atoms with Crippen molar-refractivity contribution in [2.24, 2.45) is 4.99 Å². The molecule has 0 fully saturated rings. The Morgan fingerprint density at radius 1 is 1.00 bits per heavy atom. The lowest BCUT2D eigenvalue weighted by molar-refractivity contribution is 0.0529. The van der Waals surface area contributed by atoms with Crippen molar-refractivity contribution in [2.75, 3.05) is 26.2 Å². The normalized spacial score (nSPS) is 11.4. The number of aliphatic imine (C=N–C) groups is 1. The number of carbonyl (C=O) groups is 1. The van der Waals surface area contributed by atoms with Crippen molar-refractivity contribution in [1.29, 1.82) is 0 Å². The molecule has 0 saturated carbocycles. The van der Waals surface area contributed by atoms with Crippen LogP contribution in [0.4, 0.5) is 4.79 Å². The number of unbranched alkanes of at least 4 members (excludes halogenated alkanes) is 3. The van der Waals surface area contributed by atoms with Crippen molar-refractivity contribution in [1.82, 2.24) is 16.0 Å². The Labute approximate surface area is 158 Å². The van der Waals surface area contributed by atoms with Crippen LogP contribution in [-0.2, 0) is 4.74 Å². The van der Waals surface area contributed by atoms with Crippen LogP contribution in [-0.4, -0.2) is 43.8 Å². The van der Waals surface area contributed by atoms with E-state index in [-0.39, 0.29) is 24.0 Å². The van der Waals surface area contributed by atoms with Gasteiger partial charge in [-0.15, -0.1) is 24.0 Å². The first-order chi connectivity index (χ1) is 10.4. The highest BCUT2D eigenvalue weighted by Gasteiger charge is 2.15. The molecule has 0 rings (SSSR count). The Kier molecular flexibility index (Phi) is 15.8. The average molecular weight is 442 g/mol. The monoisotopic (exact) mass is 442 g/mol. The van der Waals surface area contributed by atoms with Gasteiger partial charge in [-0.3, -0.25) is 4.99 Å². The first-order valence-corrected chi connectivity index (χ1v) is 8.38. The summed E-state index contributed by atoms with van der Waals surface area (Å²) in [5, 5.41) is 9.11. The number of amides is 1. The molecule has 0 unspecified atom stereocenters. The standard InChI is InChI=1S/C16H34N4O2.HI/c1-6-8-9-10-11-18-14(17-7-2)19-12-13-20-15(21)22-16(3,4)5;/h6-13H2,1-5H3,(H,20,21)(H2,17,18,19);1H. The lowest BCUT2D eigenvalue weighted by atomic mass is 10.2. The first kappa shape index (κ1) is 24.5. The van der Waals surface area contributed by atoms with Gasteiger partial charge in [-0.25, -0.2) is 4.79 Å². The Hall–Kier alpha value is -0.730. The van der Waals surface area contributed by atoms with E-state index in [0.717, 1.165) is 25.5 Å². The van der Waals surface area contributed by atoms with Crippen LogP contribution in [0.5, 0.6) is 0 Å². The van der Waals surface area contributed by atoms with Gasteiger partial charge in [0.2, 0.25) is 0 Å². The van der Waals surface area contributed by atoms with E-state index in [1.54, 1.807) is 0 Å². The number of hydrogen-bond acceptors (Lipinski definition) is 3. The van der Waals surface area contributed by atoms with Crippen LogP contribution in [0.15, 0.2) is 4.99 Å². The summed E-state index contributed by atoms with van der Waals surface area (Å²) >= 11 is 0. The molecule has 0 aromatic carbocycles. The van der Waals surface area contributed by atoms with Gasteiger partial charge in [0.05, 0.1) is 0 Å². The van der Waals surface area contributed by atoms with Gasteiger partial charge in [-0.05, 0) is 34.1 Å². The molecule has 0 bridgehead atoms. The quantitative estimate of drug-likeness (QED) is 0.222. The maximum absolute atomic E-state index is 11.5. The number of ether oxygens (including phenoxy) is 1. The first-order valence-electron chi connectivity index (χ1n) is 8.38. The molecule has 1 amide bonds. The molecule has 0 aliphatic rings. The SMILES string of the molecule is CCCCCCN=C(NCC)NCCNC(=O)OC(C)(C)C.I. The average Bonchev–Trinajstić information content (AvgIpc) is 2.41. The van der Waals surface area contributed by atoms with Gasteiger partial charge >= 0.3 is 6.09 Å². The molecule has 0 aliphatic heterocycles. The van der Waals surface area contributed by atoms with Crippen LogP contribution in [0.2, 0.25) is 0 Å². The van der Waals surface area contributed by atoms with E-state index in [1.165, 1.54) is 19.3 Å². The van der Waals surface area contributed by atoms with Crippen molar-refractivity contribution < 1.29 is 9.53 Å². The maximum Gasteiger partial charge on any atom is 0.407 e. The van der Waals surface area contributed by atoms with Crippen molar-refractivity contribution in [3.8, 4) is 0 Å². The van der Waals surface area contributed by atoms with Crippen LogP contribution >= 0.6 is 24.0 Å². The molecule has 23 heavy (non-hydrogen) atoms. The van der Waals surface area contributed by atoms with E-state index in [4.69, 9.17) is 4.74 Å². The summed E-state index contributed by atoms with van der Waals surface area (Å²) in [7, 11) is 0. The van der Waals surface area contributed by atoms with Gasteiger partial charge in [0.25, 0.3) is 0 Å². The largest absolute Gasteiger partial charge is 0.444 e. The zero-order valence-electron chi connectivity index (χ0n) is 15.3. The summed E-state index contributed by atoms with van der Waals surface area (Å²) < 4.78 is 5.17. The third-order valence-corrected chi connectivity index (χ3v) is 2.71. The van der Waals surface area contributed by atoms with Gasteiger partial charge in [0.1, 0.15) is 5.60 Å². The van der Waals surface area contributed by atoms with Crippen LogP contribution in [0.25, 0.3) is 0 Å². The Bertz CT molecular complexity index is 331. The topological polar surface area (TPSA) is 74.8 Å².